The Morgan fingerprint density at radius 2 is 1.12 bits per heavy atom. The molecule has 0 spiro atoms. The number of allylic oxidation sites excluding steroid dienone is 4. The zero-order valence-corrected chi connectivity index (χ0v) is 38.4. The summed E-state index contributed by atoms with van der Waals surface area (Å²) in [5.41, 5.74) is 23.6. The maximum Gasteiger partial charge on any atom is 0.142 e. The Morgan fingerprint density at radius 1 is 0.554 bits per heavy atom. The van der Waals surface area contributed by atoms with Gasteiger partial charge in [0.2, 0.25) is 0 Å². The van der Waals surface area contributed by atoms with Crippen molar-refractivity contribution in [2.45, 2.75) is 11.7 Å². The Kier molecular flexibility index (Phi) is 10.8. The summed E-state index contributed by atoms with van der Waals surface area (Å²) in [4.78, 5) is 2.41. The number of hydrogen-bond acceptors (Lipinski definition) is 2. The third-order valence-corrected chi connectivity index (χ3v) is 14.4. The third-order valence-electron chi connectivity index (χ3n) is 14.4. The Balaban J connectivity index is 1.26. The first kappa shape index (κ1) is 41.8. The summed E-state index contributed by atoms with van der Waals surface area (Å²) in [5, 5.41) is 2.24. The molecule has 1 aromatic heterocycles. The number of benzene rings is 8. The molecule has 65 heavy (non-hydrogen) atoms. The van der Waals surface area contributed by atoms with Crippen molar-refractivity contribution in [3.8, 4) is 34.6 Å². The Morgan fingerprint density at radius 3 is 1.77 bits per heavy atom. The fourth-order valence-corrected chi connectivity index (χ4v) is 11.0. The molecule has 0 aliphatic heterocycles. The summed E-state index contributed by atoms with van der Waals surface area (Å²) in [6, 6.07) is 63.7. The first-order valence-electron chi connectivity index (χ1n) is 22.8. The zero-order chi connectivity index (χ0) is 45.0. The van der Waals surface area contributed by atoms with Gasteiger partial charge in [0.25, 0.3) is 0 Å². The van der Waals surface area contributed by atoms with Crippen molar-refractivity contribution in [1.29, 1.82) is 0 Å². The Hall–Kier alpha value is -7.15. The van der Waals surface area contributed by atoms with Crippen molar-refractivity contribution in [2.75, 3.05) is 4.90 Å². The average molecular weight is 825 g/mol. The zero-order valence-electron chi connectivity index (χ0n) is 38.4. The first-order valence-corrected chi connectivity index (χ1v) is 22.8. The van der Waals surface area contributed by atoms with Crippen LogP contribution in [0.3, 0.4) is 0 Å². The highest BCUT2D eigenvalue weighted by molar-refractivity contribution is 6.63. The van der Waals surface area contributed by atoms with Gasteiger partial charge in [-0.15, -0.1) is 6.42 Å². The van der Waals surface area contributed by atoms with E-state index < -0.39 is 5.41 Å². The SMILES string of the molecule is BC/C(=C(B)\C(B)=C(/C#C)N(c1ccc2c(c1)C(c1ccccc1)(c1ccccc1)c1ccccc1-2)c1c(B)c(B)c(-c2ccccc2)c(B)c1B)c1ccc2oc3ccccc3c2c1. The van der Waals surface area contributed by atoms with Crippen LogP contribution in [0, 0.1) is 12.3 Å². The molecule has 10 rings (SSSR count). The van der Waals surface area contributed by atoms with Crippen LogP contribution < -0.4 is 26.8 Å². The van der Waals surface area contributed by atoms with Gasteiger partial charge in [-0.05, 0) is 80.4 Å². The van der Waals surface area contributed by atoms with Gasteiger partial charge in [0.1, 0.15) is 66.1 Å². The maximum atomic E-state index is 6.92. The third kappa shape index (κ3) is 6.61. The Bertz CT molecular complexity index is 3370. The number of para-hydroxylation sites is 1. The largest absolute Gasteiger partial charge is 0.456 e. The van der Waals surface area contributed by atoms with Gasteiger partial charge < -0.3 is 9.32 Å². The number of furan rings is 1. The van der Waals surface area contributed by atoms with Crippen LogP contribution in [-0.4, -0.2) is 54.9 Å². The average Bonchev–Trinajstić information content (AvgIpc) is 3.87. The van der Waals surface area contributed by atoms with Gasteiger partial charge in [0, 0.05) is 22.1 Å². The number of nitrogens with zero attached hydrogens (tertiary/aromatic N) is 1. The molecule has 1 heterocycles. The van der Waals surface area contributed by atoms with Gasteiger partial charge in [0.05, 0.1) is 11.1 Å². The van der Waals surface area contributed by atoms with E-state index in [1.807, 2.05) is 12.1 Å². The highest BCUT2D eigenvalue weighted by atomic mass is 16.3. The minimum atomic E-state index is -0.570. The van der Waals surface area contributed by atoms with Crippen LogP contribution in [0.2, 0.25) is 6.32 Å². The predicted molar refractivity (Wildman–Crippen MR) is 297 cm³/mol. The highest BCUT2D eigenvalue weighted by Gasteiger charge is 2.46. The van der Waals surface area contributed by atoms with Crippen molar-refractivity contribution >= 4 is 116 Å². The molecule has 8 aromatic carbocycles. The number of terminal acetylenes is 1. The van der Waals surface area contributed by atoms with Crippen molar-refractivity contribution in [3.63, 3.8) is 0 Å². The molecule has 1 aliphatic carbocycles. The summed E-state index contributed by atoms with van der Waals surface area (Å²) < 4.78 is 6.26. The molecule has 302 valence electrons. The molecule has 0 saturated heterocycles. The fourth-order valence-electron chi connectivity index (χ4n) is 11.0. The van der Waals surface area contributed by atoms with E-state index in [0.29, 0.717) is 0 Å². The molecule has 0 bridgehead atoms. The molecule has 2 nitrogen and oxygen atoms in total. The lowest BCUT2D eigenvalue weighted by molar-refractivity contribution is 0.669. The van der Waals surface area contributed by atoms with Crippen LogP contribution in [0.25, 0.3) is 49.8 Å². The molecule has 0 amide bonds. The van der Waals surface area contributed by atoms with E-state index in [0.717, 1.165) is 50.8 Å². The molecule has 0 radical (unpaired) electrons. The van der Waals surface area contributed by atoms with Gasteiger partial charge in [-0.1, -0.05) is 196 Å². The van der Waals surface area contributed by atoms with Gasteiger partial charge in [-0.2, -0.15) is 0 Å². The van der Waals surface area contributed by atoms with E-state index in [9.17, 15) is 0 Å². The van der Waals surface area contributed by atoms with Crippen molar-refractivity contribution in [2.24, 2.45) is 0 Å². The molecule has 0 saturated carbocycles. The monoisotopic (exact) mass is 825 g/mol. The number of rotatable bonds is 9. The second-order valence-corrected chi connectivity index (χ2v) is 17.6. The summed E-state index contributed by atoms with van der Waals surface area (Å²) in [7, 11) is 15.8. The first-order chi connectivity index (χ1) is 31.7. The molecular formula is C56H46B7NO. The predicted octanol–water partition coefficient (Wildman–Crippen LogP) is 4.36. The second-order valence-electron chi connectivity index (χ2n) is 17.6. The van der Waals surface area contributed by atoms with Crippen LogP contribution in [-0.2, 0) is 5.41 Å². The summed E-state index contributed by atoms with van der Waals surface area (Å²) in [5.74, 6) is 3.32. The van der Waals surface area contributed by atoms with Crippen LogP contribution in [0.1, 0.15) is 27.8 Å². The van der Waals surface area contributed by atoms with Gasteiger partial charge in [-0.3, -0.25) is 0 Å². The summed E-state index contributed by atoms with van der Waals surface area (Å²) in [6.45, 7) is 0. The smallest absolute Gasteiger partial charge is 0.142 e. The van der Waals surface area contributed by atoms with E-state index in [2.05, 4.69) is 230 Å². The lowest BCUT2D eigenvalue weighted by atomic mass is 9.64. The van der Waals surface area contributed by atoms with Crippen molar-refractivity contribution < 1.29 is 4.42 Å². The van der Waals surface area contributed by atoms with E-state index in [4.69, 9.17) is 10.8 Å². The standard InChI is InChI=1S/C56H46B7NO/c1-2-45(50(59)49(58)42(32-57)34-26-29-47-41(30-34)40-23-13-15-25-46(40)65-47)64(55-53(62)51(60)48(52(61)54(55)63)33-16-6-3-7-17-33)37-27-28-39-38-22-12-14-24-43(38)56(44(39)31-37,35-18-8-4-9-19-35)36-20-10-5-11-21-36/h1,3-31H,32,57-63H2/b49-42-,50-45-. The van der Waals surface area contributed by atoms with Crippen molar-refractivity contribution in [1.82, 2.24) is 0 Å². The summed E-state index contributed by atoms with van der Waals surface area (Å²) in [6.07, 6.45) is 7.75. The molecule has 1 aliphatic rings. The van der Waals surface area contributed by atoms with Crippen LogP contribution in [0.4, 0.5) is 11.4 Å². The van der Waals surface area contributed by atoms with E-state index in [1.54, 1.807) is 0 Å². The molecule has 9 heteroatoms. The minimum absolute atomic E-state index is 0.570. The molecular weight excluding hydrogens is 778 g/mol. The van der Waals surface area contributed by atoms with Crippen molar-refractivity contribution in [3.05, 3.63) is 220 Å². The molecule has 0 N–H and O–H groups in total. The maximum absolute atomic E-state index is 6.92. The lowest BCUT2D eigenvalue weighted by Gasteiger charge is -2.36. The molecule has 0 fully saturated rings. The van der Waals surface area contributed by atoms with Gasteiger partial charge in [-0.25, -0.2) is 0 Å². The molecule has 0 atom stereocenters. The van der Waals surface area contributed by atoms with Gasteiger partial charge >= 0.3 is 0 Å². The fraction of sp³-hybridized carbons (Fsp3) is 0.0357. The van der Waals surface area contributed by atoms with E-state index in [-0.39, 0.29) is 0 Å². The molecule has 9 aromatic rings. The van der Waals surface area contributed by atoms with Gasteiger partial charge in [0.15, 0.2) is 0 Å². The highest BCUT2D eigenvalue weighted by Crippen LogP contribution is 2.57. The normalized spacial score (nSPS) is 13.4. The topological polar surface area (TPSA) is 16.4 Å². The minimum Gasteiger partial charge on any atom is -0.456 e. The van der Waals surface area contributed by atoms with E-state index >= 15 is 0 Å². The number of hydrogen-bond donors (Lipinski definition) is 0. The number of anilines is 2. The quantitative estimate of drug-likeness (QED) is 0.122. The number of fused-ring (bicyclic) bond motifs is 6. The molecule has 0 unspecified atom stereocenters. The second kappa shape index (κ2) is 16.8. The Labute approximate surface area is 389 Å². The van der Waals surface area contributed by atoms with Crippen LogP contribution >= 0.6 is 0 Å². The van der Waals surface area contributed by atoms with E-state index in [1.165, 1.54) is 83.0 Å². The summed E-state index contributed by atoms with van der Waals surface area (Å²) >= 11 is 0. The lowest BCUT2D eigenvalue weighted by Crippen LogP contribution is -2.47. The van der Waals surface area contributed by atoms with Crippen LogP contribution in [0.5, 0.6) is 0 Å². The van der Waals surface area contributed by atoms with Crippen LogP contribution in [0.15, 0.2) is 197 Å².